The molecule has 0 amide bonds. The van der Waals surface area contributed by atoms with Gasteiger partial charge >= 0.3 is 0 Å². The normalized spacial score (nSPS) is 10.7. The fourth-order valence-corrected chi connectivity index (χ4v) is 2.97. The summed E-state index contributed by atoms with van der Waals surface area (Å²) >= 11 is 6.11. The third-order valence-electron chi connectivity index (χ3n) is 4.12. The van der Waals surface area contributed by atoms with Crippen molar-refractivity contribution in [3.63, 3.8) is 0 Å². The molecule has 0 spiro atoms. The first-order valence-corrected chi connectivity index (χ1v) is 8.90. The number of hydrogen-bond donors (Lipinski definition) is 1. The fraction of sp³-hybridized carbons (Fsp3) is 0.0455. The Hall–Kier alpha value is -3.24. The second-order valence-corrected chi connectivity index (χ2v) is 6.53. The van der Waals surface area contributed by atoms with Gasteiger partial charge in [0.25, 0.3) is 0 Å². The fourth-order valence-electron chi connectivity index (χ4n) is 2.80. The van der Waals surface area contributed by atoms with Gasteiger partial charge in [-0.2, -0.15) is 0 Å². The minimum absolute atomic E-state index is 0.0790. The standard InChI is InChI=1S/C22H16ClN3O/c23-17-11-12-19(27)18(14-17)22-25-20(13-15-7-3-1-4-8-15)24-21(26-22)16-9-5-2-6-10-16/h1-12,14,27H,13H2. The van der Waals surface area contributed by atoms with Crippen LogP contribution in [0.1, 0.15) is 11.4 Å². The van der Waals surface area contributed by atoms with E-state index in [2.05, 4.69) is 15.0 Å². The zero-order valence-corrected chi connectivity index (χ0v) is 15.1. The van der Waals surface area contributed by atoms with E-state index in [1.807, 2.05) is 60.7 Å². The molecule has 4 nitrogen and oxygen atoms in total. The monoisotopic (exact) mass is 373 g/mol. The number of phenols is 1. The van der Waals surface area contributed by atoms with Gasteiger partial charge < -0.3 is 5.11 Å². The molecule has 1 heterocycles. The predicted molar refractivity (Wildman–Crippen MR) is 107 cm³/mol. The second-order valence-electron chi connectivity index (χ2n) is 6.09. The van der Waals surface area contributed by atoms with E-state index < -0.39 is 0 Å². The highest BCUT2D eigenvalue weighted by molar-refractivity contribution is 6.30. The molecule has 5 heteroatoms. The molecule has 132 valence electrons. The highest BCUT2D eigenvalue weighted by atomic mass is 35.5. The van der Waals surface area contributed by atoms with E-state index in [9.17, 15) is 5.11 Å². The van der Waals surface area contributed by atoms with Gasteiger partial charge in [-0.05, 0) is 23.8 Å². The Balaban J connectivity index is 1.85. The first-order chi connectivity index (χ1) is 13.2. The van der Waals surface area contributed by atoms with Gasteiger partial charge in [-0.25, -0.2) is 15.0 Å². The van der Waals surface area contributed by atoms with Gasteiger partial charge in [-0.15, -0.1) is 0 Å². The van der Waals surface area contributed by atoms with E-state index in [1.54, 1.807) is 18.2 Å². The van der Waals surface area contributed by atoms with Crippen molar-refractivity contribution in [2.24, 2.45) is 0 Å². The number of aromatic hydroxyl groups is 1. The molecular weight excluding hydrogens is 358 g/mol. The number of phenolic OH excluding ortho intramolecular Hbond substituents is 1. The van der Waals surface area contributed by atoms with E-state index in [0.29, 0.717) is 34.5 Å². The molecule has 3 aromatic carbocycles. The van der Waals surface area contributed by atoms with Gasteiger partial charge in [0.05, 0.1) is 5.56 Å². The molecule has 0 aliphatic rings. The Morgan fingerprint density at radius 3 is 2.15 bits per heavy atom. The summed E-state index contributed by atoms with van der Waals surface area (Å²) in [4.78, 5) is 13.8. The van der Waals surface area contributed by atoms with Crippen LogP contribution in [0.3, 0.4) is 0 Å². The molecule has 0 unspecified atom stereocenters. The molecule has 0 atom stereocenters. The average Bonchev–Trinajstić information content (AvgIpc) is 2.71. The van der Waals surface area contributed by atoms with E-state index in [4.69, 9.17) is 11.6 Å². The number of nitrogens with zero attached hydrogens (tertiary/aromatic N) is 3. The van der Waals surface area contributed by atoms with Crippen molar-refractivity contribution in [1.82, 2.24) is 15.0 Å². The van der Waals surface area contributed by atoms with Crippen LogP contribution >= 0.6 is 11.6 Å². The summed E-state index contributed by atoms with van der Waals surface area (Å²) < 4.78 is 0. The first kappa shape index (κ1) is 17.2. The summed E-state index contributed by atoms with van der Waals surface area (Å²) in [6.07, 6.45) is 0.567. The van der Waals surface area contributed by atoms with Crippen LogP contribution < -0.4 is 0 Å². The van der Waals surface area contributed by atoms with Crippen molar-refractivity contribution in [3.8, 4) is 28.5 Å². The van der Waals surface area contributed by atoms with Crippen LogP contribution in [-0.4, -0.2) is 20.1 Å². The zero-order valence-electron chi connectivity index (χ0n) is 14.4. The van der Waals surface area contributed by atoms with Gasteiger partial charge in [0.2, 0.25) is 0 Å². The van der Waals surface area contributed by atoms with Gasteiger partial charge in [0, 0.05) is 17.0 Å². The van der Waals surface area contributed by atoms with Gasteiger partial charge in [0.1, 0.15) is 11.6 Å². The Labute approximate surface area is 162 Å². The smallest absolute Gasteiger partial charge is 0.167 e. The minimum Gasteiger partial charge on any atom is -0.507 e. The number of aromatic nitrogens is 3. The van der Waals surface area contributed by atoms with Crippen LogP contribution in [-0.2, 0) is 6.42 Å². The molecule has 0 bridgehead atoms. The van der Waals surface area contributed by atoms with E-state index in [0.717, 1.165) is 11.1 Å². The van der Waals surface area contributed by atoms with Crippen LogP contribution in [0.5, 0.6) is 5.75 Å². The van der Waals surface area contributed by atoms with Crippen LogP contribution in [0.15, 0.2) is 78.9 Å². The molecular formula is C22H16ClN3O. The molecule has 0 saturated carbocycles. The van der Waals surface area contributed by atoms with Crippen molar-refractivity contribution in [2.45, 2.75) is 6.42 Å². The van der Waals surface area contributed by atoms with Crippen molar-refractivity contribution < 1.29 is 5.11 Å². The minimum atomic E-state index is 0.0790. The molecule has 4 rings (SSSR count). The Bertz CT molecular complexity index is 1070. The average molecular weight is 374 g/mol. The van der Waals surface area contributed by atoms with Crippen LogP contribution in [0.4, 0.5) is 0 Å². The highest BCUT2D eigenvalue weighted by Gasteiger charge is 2.14. The maximum Gasteiger partial charge on any atom is 0.167 e. The van der Waals surface area contributed by atoms with Crippen LogP contribution in [0, 0.1) is 0 Å². The third-order valence-corrected chi connectivity index (χ3v) is 4.35. The predicted octanol–water partition coefficient (Wildman–Crippen LogP) is 5.16. The molecule has 0 aliphatic carbocycles. The Morgan fingerprint density at radius 1 is 0.741 bits per heavy atom. The lowest BCUT2D eigenvalue weighted by molar-refractivity contribution is 0.477. The molecule has 1 aromatic heterocycles. The van der Waals surface area contributed by atoms with Crippen LogP contribution in [0.25, 0.3) is 22.8 Å². The Morgan fingerprint density at radius 2 is 1.41 bits per heavy atom. The largest absolute Gasteiger partial charge is 0.507 e. The van der Waals surface area contributed by atoms with Crippen molar-refractivity contribution >= 4 is 11.6 Å². The first-order valence-electron chi connectivity index (χ1n) is 8.52. The molecule has 0 fully saturated rings. The number of rotatable bonds is 4. The maximum absolute atomic E-state index is 10.3. The summed E-state index contributed by atoms with van der Waals surface area (Å²) in [5, 5.41) is 10.8. The molecule has 27 heavy (non-hydrogen) atoms. The topological polar surface area (TPSA) is 58.9 Å². The summed E-state index contributed by atoms with van der Waals surface area (Å²) in [5.74, 6) is 1.67. The van der Waals surface area contributed by atoms with E-state index in [1.165, 1.54) is 0 Å². The van der Waals surface area contributed by atoms with Gasteiger partial charge in [-0.1, -0.05) is 72.3 Å². The summed E-state index contributed by atoms with van der Waals surface area (Å²) in [7, 11) is 0. The third kappa shape index (κ3) is 3.96. The zero-order chi connectivity index (χ0) is 18.6. The maximum atomic E-state index is 10.3. The van der Waals surface area contributed by atoms with Crippen molar-refractivity contribution in [2.75, 3.05) is 0 Å². The van der Waals surface area contributed by atoms with Crippen molar-refractivity contribution in [3.05, 3.63) is 95.3 Å². The van der Waals surface area contributed by atoms with E-state index in [-0.39, 0.29) is 5.75 Å². The SMILES string of the molecule is Oc1ccc(Cl)cc1-c1nc(Cc2ccccc2)nc(-c2ccccc2)n1. The lowest BCUT2D eigenvalue weighted by atomic mass is 10.1. The molecule has 0 aliphatic heterocycles. The molecule has 4 aromatic rings. The molecule has 0 saturated heterocycles. The lowest BCUT2D eigenvalue weighted by Gasteiger charge is -2.09. The highest BCUT2D eigenvalue weighted by Crippen LogP contribution is 2.30. The summed E-state index contributed by atoms with van der Waals surface area (Å²) in [6, 6.07) is 24.5. The van der Waals surface area contributed by atoms with E-state index >= 15 is 0 Å². The second kappa shape index (κ2) is 7.56. The summed E-state index contributed by atoms with van der Waals surface area (Å²) in [6.45, 7) is 0. The number of hydrogen-bond acceptors (Lipinski definition) is 4. The quantitative estimate of drug-likeness (QED) is 0.537. The number of benzene rings is 3. The lowest BCUT2D eigenvalue weighted by Crippen LogP contribution is -2.04. The van der Waals surface area contributed by atoms with Gasteiger partial charge in [-0.3, -0.25) is 0 Å². The Kier molecular flexibility index (Phi) is 4.81. The van der Waals surface area contributed by atoms with Gasteiger partial charge in [0.15, 0.2) is 11.6 Å². The number of halogens is 1. The summed E-state index contributed by atoms with van der Waals surface area (Å²) in [5.41, 5.74) is 2.47. The molecule has 0 radical (unpaired) electrons. The van der Waals surface area contributed by atoms with Crippen LogP contribution in [0.2, 0.25) is 5.02 Å². The van der Waals surface area contributed by atoms with Crippen molar-refractivity contribution in [1.29, 1.82) is 0 Å². The molecule has 1 N–H and O–H groups in total.